The average molecular weight is 361 g/mol. The Hall–Kier alpha value is -1.60. The summed E-state index contributed by atoms with van der Waals surface area (Å²) in [5.41, 5.74) is 1.32. The summed E-state index contributed by atoms with van der Waals surface area (Å²) in [6, 6.07) is 0. The molecule has 0 atom stereocenters. The van der Waals surface area contributed by atoms with Crippen LogP contribution in [-0.2, 0) is 19.4 Å². The SMILES string of the molecule is CC(C)c1nnc(Cn2cnc3sc4c(c3c2=O)CCCCC4)s1. The first-order valence-corrected chi connectivity index (χ1v) is 10.1. The summed E-state index contributed by atoms with van der Waals surface area (Å²) < 4.78 is 1.69. The number of fused-ring (bicyclic) bond motifs is 3. The monoisotopic (exact) mass is 360 g/mol. The summed E-state index contributed by atoms with van der Waals surface area (Å²) in [6.07, 6.45) is 7.39. The molecule has 1 aliphatic rings. The zero-order valence-electron chi connectivity index (χ0n) is 13.9. The molecule has 3 aromatic rings. The van der Waals surface area contributed by atoms with Crippen LogP contribution in [0.2, 0.25) is 0 Å². The standard InChI is InChI=1S/C17H20N4OS2/c1-10(2)15-20-19-13(24-15)8-21-9-18-16-14(17(21)22)11-6-4-3-5-7-12(11)23-16/h9-10H,3-8H2,1-2H3. The molecule has 0 amide bonds. The number of hydrogen-bond donors (Lipinski definition) is 0. The fourth-order valence-corrected chi connectivity index (χ4v) is 5.24. The van der Waals surface area contributed by atoms with Crippen LogP contribution in [0.4, 0.5) is 0 Å². The highest BCUT2D eigenvalue weighted by molar-refractivity contribution is 7.18. The average Bonchev–Trinajstić information content (AvgIpc) is 3.09. The molecule has 3 aromatic heterocycles. The van der Waals surface area contributed by atoms with E-state index in [-0.39, 0.29) is 5.56 Å². The second-order valence-electron chi connectivity index (χ2n) is 6.61. The Kier molecular flexibility index (Phi) is 4.22. The molecule has 5 nitrogen and oxygen atoms in total. The van der Waals surface area contributed by atoms with Gasteiger partial charge in [0.1, 0.15) is 14.8 Å². The first-order valence-electron chi connectivity index (χ1n) is 8.45. The van der Waals surface area contributed by atoms with Crippen molar-refractivity contribution in [1.29, 1.82) is 0 Å². The highest BCUT2D eigenvalue weighted by Gasteiger charge is 2.19. The zero-order chi connectivity index (χ0) is 16.7. The summed E-state index contributed by atoms with van der Waals surface area (Å²) in [5.74, 6) is 0.362. The van der Waals surface area contributed by atoms with Crippen molar-refractivity contribution in [2.24, 2.45) is 0 Å². The van der Waals surface area contributed by atoms with Crippen molar-refractivity contribution in [1.82, 2.24) is 19.7 Å². The first-order chi connectivity index (χ1) is 11.6. The van der Waals surface area contributed by atoms with Crippen LogP contribution < -0.4 is 5.56 Å². The molecule has 126 valence electrons. The van der Waals surface area contributed by atoms with Crippen molar-refractivity contribution in [2.45, 2.75) is 58.4 Å². The van der Waals surface area contributed by atoms with Gasteiger partial charge in [0.2, 0.25) is 0 Å². The third-order valence-corrected chi connectivity index (χ3v) is 6.88. The Morgan fingerprint density at radius 3 is 2.79 bits per heavy atom. The summed E-state index contributed by atoms with van der Waals surface area (Å²) in [4.78, 5) is 19.8. The van der Waals surface area contributed by atoms with Gasteiger partial charge in [-0.25, -0.2) is 4.98 Å². The highest BCUT2D eigenvalue weighted by Crippen LogP contribution is 2.32. The second kappa shape index (κ2) is 6.37. The number of nitrogens with zero attached hydrogens (tertiary/aromatic N) is 4. The van der Waals surface area contributed by atoms with Crippen LogP contribution in [-0.4, -0.2) is 19.7 Å². The van der Waals surface area contributed by atoms with E-state index in [4.69, 9.17) is 0 Å². The minimum Gasteiger partial charge on any atom is -0.292 e. The van der Waals surface area contributed by atoms with E-state index in [1.54, 1.807) is 33.6 Å². The number of aryl methyl sites for hydroxylation is 2. The van der Waals surface area contributed by atoms with Gasteiger partial charge in [0.15, 0.2) is 0 Å². The maximum atomic E-state index is 13.0. The van der Waals surface area contributed by atoms with Gasteiger partial charge in [-0.1, -0.05) is 31.6 Å². The van der Waals surface area contributed by atoms with Crippen molar-refractivity contribution < 1.29 is 0 Å². The molecular formula is C17H20N4OS2. The van der Waals surface area contributed by atoms with E-state index in [0.717, 1.165) is 33.1 Å². The lowest BCUT2D eigenvalue weighted by atomic mass is 10.1. The minimum absolute atomic E-state index is 0.0701. The zero-order valence-corrected chi connectivity index (χ0v) is 15.5. The Labute approximate surface area is 148 Å². The van der Waals surface area contributed by atoms with Crippen molar-refractivity contribution in [3.05, 3.63) is 37.1 Å². The quantitative estimate of drug-likeness (QED) is 0.668. The van der Waals surface area contributed by atoms with Gasteiger partial charge in [-0.3, -0.25) is 9.36 Å². The van der Waals surface area contributed by atoms with Gasteiger partial charge in [-0.05, 0) is 31.2 Å². The van der Waals surface area contributed by atoms with Crippen LogP contribution >= 0.6 is 22.7 Å². The fraction of sp³-hybridized carbons (Fsp3) is 0.529. The number of aromatic nitrogens is 4. The Balaban J connectivity index is 1.75. The third-order valence-electron chi connectivity index (χ3n) is 4.47. The third kappa shape index (κ3) is 2.80. The molecule has 0 saturated heterocycles. The lowest BCUT2D eigenvalue weighted by Crippen LogP contribution is -2.21. The molecule has 7 heteroatoms. The van der Waals surface area contributed by atoms with Crippen molar-refractivity contribution in [2.75, 3.05) is 0 Å². The van der Waals surface area contributed by atoms with E-state index < -0.39 is 0 Å². The van der Waals surface area contributed by atoms with Gasteiger partial charge in [0.05, 0.1) is 18.3 Å². The maximum absolute atomic E-state index is 13.0. The lowest BCUT2D eigenvalue weighted by molar-refractivity contribution is 0.711. The molecule has 0 N–H and O–H groups in total. The molecule has 24 heavy (non-hydrogen) atoms. The van der Waals surface area contributed by atoms with Gasteiger partial charge in [0.25, 0.3) is 5.56 Å². The van der Waals surface area contributed by atoms with Gasteiger partial charge < -0.3 is 0 Å². The summed E-state index contributed by atoms with van der Waals surface area (Å²) in [7, 11) is 0. The predicted molar refractivity (Wildman–Crippen MR) is 98.2 cm³/mol. The molecule has 0 spiro atoms. The van der Waals surface area contributed by atoms with Crippen LogP contribution in [0.3, 0.4) is 0 Å². The van der Waals surface area contributed by atoms with Gasteiger partial charge in [-0.2, -0.15) is 0 Å². The van der Waals surface area contributed by atoms with Crippen LogP contribution in [0.15, 0.2) is 11.1 Å². The molecule has 0 aromatic carbocycles. The number of rotatable bonds is 3. The molecule has 3 heterocycles. The Bertz CT molecular complexity index is 938. The van der Waals surface area contributed by atoms with Crippen molar-refractivity contribution >= 4 is 32.9 Å². The van der Waals surface area contributed by atoms with Crippen LogP contribution in [0, 0.1) is 0 Å². The first kappa shape index (κ1) is 15.9. The molecule has 1 aliphatic carbocycles. The Morgan fingerprint density at radius 1 is 1.17 bits per heavy atom. The summed E-state index contributed by atoms with van der Waals surface area (Å²) in [5, 5.41) is 11.2. The summed E-state index contributed by atoms with van der Waals surface area (Å²) in [6.45, 7) is 4.66. The van der Waals surface area contributed by atoms with E-state index in [1.165, 1.54) is 29.7 Å². The predicted octanol–water partition coefficient (Wildman–Crippen LogP) is 3.75. The largest absolute Gasteiger partial charge is 0.292 e. The molecule has 0 aliphatic heterocycles. The topological polar surface area (TPSA) is 60.7 Å². The van der Waals surface area contributed by atoms with Crippen molar-refractivity contribution in [3.63, 3.8) is 0 Å². The summed E-state index contributed by atoms with van der Waals surface area (Å²) >= 11 is 3.28. The van der Waals surface area contributed by atoms with E-state index in [1.807, 2.05) is 0 Å². The van der Waals surface area contributed by atoms with Gasteiger partial charge >= 0.3 is 0 Å². The highest BCUT2D eigenvalue weighted by atomic mass is 32.1. The molecule has 0 saturated carbocycles. The maximum Gasteiger partial charge on any atom is 0.262 e. The number of hydrogen-bond acceptors (Lipinski definition) is 6. The smallest absolute Gasteiger partial charge is 0.262 e. The van der Waals surface area contributed by atoms with Crippen LogP contribution in [0.1, 0.15) is 59.5 Å². The van der Waals surface area contributed by atoms with Crippen molar-refractivity contribution in [3.8, 4) is 0 Å². The van der Waals surface area contributed by atoms with E-state index in [9.17, 15) is 4.79 Å². The van der Waals surface area contributed by atoms with E-state index >= 15 is 0 Å². The molecule has 0 radical (unpaired) electrons. The van der Waals surface area contributed by atoms with E-state index in [2.05, 4.69) is 29.0 Å². The lowest BCUT2D eigenvalue weighted by Gasteiger charge is -2.03. The molecule has 4 rings (SSSR count). The normalized spacial score (nSPS) is 15.0. The van der Waals surface area contributed by atoms with Gasteiger partial charge in [0, 0.05) is 10.8 Å². The van der Waals surface area contributed by atoms with Crippen LogP contribution in [0.5, 0.6) is 0 Å². The van der Waals surface area contributed by atoms with Gasteiger partial charge in [-0.15, -0.1) is 21.5 Å². The fourth-order valence-electron chi connectivity index (χ4n) is 3.18. The molecule has 0 fully saturated rings. The second-order valence-corrected chi connectivity index (χ2v) is 8.79. The molecular weight excluding hydrogens is 340 g/mol. The Morgan fingerprint density at radius 2 is 2.00 bits per heavy atom. The van der Waals surface area contributed by atoms with E-state index in [0.29, 0.717) is 12.5 Å². The molecule has 0 bridgehead atoms. The van der Waals surface area contributed by atoms with Crippen LogP contribution in [0.25, 0.3) is 10.2 Å². The minimum atomic E-state index is 0.0701. The molecule has 0 unspecified atom stereocenters. The number of thiophene rings is 1.